The highest BCUT2D eigenvalue weighted by Gasteiger charge is 2.21. The fourth-order valence-electron chi connectivity index (χ4n) is 2.25. The number of hydrogen-bond acceptors (Lipinski definition) is 5. The van der Waals surface area contributed by atoms with Crippen LogP contribution in [-0.2, 0) is 9.59 Å². The molecule has 1 unspecified atom stereocenters. The summed E-state index contributed by atoms with van der Waals surface area (Å²) in [5, 5.41) is 6.63. The van der Waals surface area contributed by atoms with Gasteiger partial charge in [-0.05, 0) is 57.2 Å². The molecule has 0 saturated heterocycles. The van der Waals surface area contributed by atoms with Gasteiger partial charge < -0.3 is 14.8 Å². The molecule has 0 aliphatic carbocycles. The third kappa shape index (κ3) is 6.12. The SMILES string of the molecule is COc1ccc(NC(=O)C(C)C(=O)NN=Cc2ccccc2OC(C)C)cc1. The van der Waals surface area contributed by atoms with Gasteiger partial charge in [-0.1, -0.05) is 12.1 Å². The van der Waals surface area contributed by atoms with E-state index in [9.17, 15) is 9.59 Å². The Morgan fingerprint density at radius 1 is 1.00 bits per heavy atom. The number of nitrogens with zero attached hydrogens (tertiary/aromatic N) is 1. The number of para-hydroxylation sites is 1. The molecule has 28 heavy (non-hydrogen) atoms. The van der Waals surface area contributed by atoms with E-state index in [0.29, 0.717) is 17.2 Å². The minimum absolute atomic E-state index is 0.0193. The van der Waals surface area contributed by atoms with Crippen LogP contribution < -0.4 is 20.2 Å². The third-order valence-corrected chi connectivity index (χ3v) is 3.80. The Labute approximate surface area is 164 Å². The lowest BCUT2D eigenvalue weighted by atomic mass is 10.1. The highest BCUT2D eigenvalue weighted by atomic mass is 16.5. The Balaban J connectivity index is 1.93. The molecule has 148 valence electrons. The summed E-state index contributed by atoms with van der Waals surface area (Å²) >= 11 is 0. The quantitative estimate of drug-likeness (QED) is 0.416. The summed E-state index contributed by atoms with van der Waals surface area (Å²) in [4.78, 5) is 24.4. The van der Waals surface area contributed by atoms with Gasteiger partial charge in [-0.25, -0.2) is 5.43 Å². The summed E-state index contributed by atoms with van der Waals surface area (Å²) < 4.78 is 10.8. The molecular formula is C21H25N3O4. The molecule has 0 heterocycles. The maximum atomic E-state index is 12.2. The third-order valence-electron chi connectivity index (χ3n) is 3.80. The van der Waals surface area contributed by atoms with Gasteiger partial charge in [0.1, 0.15) is 17.4 Å². The Bertz CT molecular complexity index is 832. The van der Waals surface area contributed by atoms with Crippen molar-refractivity contribution in [3.05, 3.63) is 54.1 Å². The van der Waals surface area contributed by atoms with E-state index in [2.05, 4.69) is 15.8 Å². The van der Waals surface area contributed by atoms with E-state index in [4.69, 9.17) is 9.47 Å². The normalized spacial score (nSPS) is 11.9. The highest BCUT2D eigenvalue weighted by molar-refractivity contribution is 6.06. The van der Waals surface area contributed by atoms with Crippen molar-refractivity contribution < 1.29 is 19.1 Å². The molecule has 2 N–H and O–H groups in total. The van der Waals surface area contributed by atoms with Crippen LogP contribution in [-0.4, -0.2) is 31.2 Å². The van der Waals surface area contributed by atoms with Gasteiger partial charge in [-0.3, -0.25) is 9.59 Å². The summed E-state index contributed by atoms with van der Waals surface area (Å²) in [7, 11) is 1.56. The first-order chi connectivity index (χ1) is 13.4. The first-order valence-corrected chi connectivity index (χ1v) is 8.94. The van der Waals surface area contributed by atoms with E-state index in [-0.39, 0.29) is 6.10 Å². The molecule has 0 saturated carbocycles. The van der Waals surface area contributed by atoms with Crippen molar-refractivity contribution in [2.24, 2.45) is 11.0 Å². The number of amides is 2. The smallest absolute Gasteiger partial charge is 0.252 e. The molecule has 2 aromatic rings. The van der Waals surface area contributed by atoms with Crippen molar-refractivity contribution >= 4 is 23.7 Å². The summed E-state index contributed by atoms with van der Waals surface area (Å²) in [5.74, 6) is -0.506. The zero-order chi connectivity index (χ0) is 20.5. The zero-order valence-electron chi connectivity index (χ0n) is 16.4. The summed E-state index contributed by atoms with van der Waals surface area (Å²) in [5.41, 5.74) is 3.70. The minimum atomic E-state index is -0.915. The van der Waals surface area contributed by atoms with Gasteiger partial charge >= 0.3 is 0 Å². The van der Waals surface area contributed by atoms with Crippen LogP contribution in [0.4, 0.5) is 5.69 Å². The van der Waals surface area contributed by atoms with E-state index in [1.165, 1.54) is 13.1 Å². The average molecular weight is 383 g/mol. The number of carbonyl (C=O) groups is 2. The molecule has 0 aromatic heterocycles. The zero-order valence-corrected chi connectivity index (χ0v) is 16.4. The number of hydrazone groups is 1. The first kappa shape index (κ1) is 21.0. The highest BCUT2D eigenvalue weighted by Crippen LogP contribution is 2.17. The van der Waals surface area contributed by atoms with Crippen LogP contribution in [0.1, 0.15) is 26.3 Å². The van der Waals surface area contributed by atoms with Crippen molar-refractivity contribution in [1.82, 2.24) is 5.43 Å². The van der Waals surface area contributed by atoms with Gasteiger partial charge in [0.25, 0.3) is 5.91 Å². The molecule has 2 aromatic carbocycles. The molecule has 0 spiro atoms. The molecule has 7 heteroatoms. The number of benzene rings is 2. The molecule has 1 atom stereocenters. The van der Waals surface area contributed by atoms with E-state index in [0.717, 1.165) is 5.56 Å². The van der Waals surface area contributed by atoms with Crippen LogP contribution in [0.3, 0.4) is 0 Å². The number of ether oxygens (including phenoxy) is 2. The topological polar surface area (TPSA) is 89.0 Å². The Morgan fingerprint density at radius 2 is 1.68 bits per heavy atom. The van der Waals surface area contributed by atoms with Gasteiger partial charge in [0.05, 0.1) is 19.4 Å². The van der Waals surface area contributed by atoms with Gasteiger partial charge in [0.2, 0.25) is 5.91 Å². The maximum Gasteiger partial charge on any atom is 0.252 e. The average Bonchev–Trinajstić information content (AvgIpc) is 2.68. The second-order valence-electron chi connectivity index (χ2n) is 6.38. The van der Waals surface area contributed by atoms with Crippen LogP contribution in [0, 0.1) is 5.92 Å². The van der Waals surface area contributed by atoms with Gasteiger partial charge in [0.15, 0.2) is 0 Å². The lowest BCUT2D eigenvalue weighted by molar-refractivity contribution is -0.131. The van der Waals surface area contributed by atoms with E-state index in [1.54, 1.807) is 31.4 Å². The molecule has 0 bridgehead atoms. The maximum absolute atomic E-state index is 12.2. The lowest BCUT2D eigenvalue weighted by Crippen LogP contribution is -2.34. The van der Waals surface area contributed by atoms with Crippen LogP contribution in [0.2, 0.25) is 0 Å². The standard InChI is InChI=1S/C21H25N3O4/c1-14(2)28-19-8-6-5-7-16(19)13-22-24-21(26)15(3)20(25)23-17-9-11-18(27-4)12-10-17/h5-15H,1-4H3,(H,23,25)(H,24,26). The predicted octanol–water partition coefficient (Wildman–Crippen LogP) is 3.21. The fraction of sp³-hybridized carbons (Fsp3) is 0.286. The number of methoxy groups -OCH3 is 1. The molecule has 2 amide bonds. The number of nitrogens with one attached hydrogen (secondary N) is 2. The van der Waals surface area contributed by atoms with Crippen LogP contribution in [0.5, 0.6) is 11.5 Å². The Morgan fingerprint density at radius 3 is 2.32 bits per heavy atom. The number of hydrogen-bond donors (Lipinski definition) is 2. The molecule has 2 rings (SSSR count). The molecular weight excluding hydrogens is 358 g/mol. The van der Waals surface area contributed by atoms with Crippen molar-refractivity contribution in [3.8, 4) is 11.5 Å². The van der Waals surface area contributed by atoms with Crippen molar-refractivity contribution in [2.75, 3.05) is 12.4 Å². The van der Waals surface area contributed by atoms with Crippen LogP contribution in [0.15, 0.2) is 53.6 Å². The predicted molar refractivity (Wildman–Crippen MR) is 109 cm³/mol. The van der Waals surface area contributed by atoms with E-state index < -0.39 is 17.7 Å². The van der Waals surface area contributed by atoms with Crippen molar-refractivity contribution in [1.29, 1.82) is 0 Å². The molecule has 7 nitrogen and oxygen atoms in total. The Hall–Kier alpha value is -3.35. The van der Waals surface area contributed by atoms with Gasteiger partial charge in [-0.15, -0.1) is 0 Å². The fourth-order valence-corrected chi connectivity index (χ4v) is 2.25. The molecule has 0 aliphatic rings. The summed E-state index contributed by atoms with van der Waals surface area (Å²) in [6.07, 6.45) is 1.51. The number of rotatable bonds is 8. The van der Waals surface area contributed by atoms with Gasteiger partial charge in [-0.2, -0.15) is 5.10 Å². The summed E-state index contributed by atoms with van der Waals surface area (Å²) in [6.45, 7) is 5.37. The van der Waals surface area contributed by atoms with E-state index in [1.807, 2.05) is 38.1 Å². The molecule has 0 fully saturated rings. The second kappa shape index (κ2) is 10.1. The largest absolute Gasteiger partial charge is 0.497 e. The molecule has 0 radical (unpaired) electrons. The second-order valence-corrected chi connectivity index (χ2v) is 6.38. The molecule has 0 aliphatic heterocycles. The van der Waals surface area contributed by atoms with E-state index >= 15 is 0 Å². The lowest BCUT2D eigenvalue weighted by Gasteiger charge is -2.12. The number of anilines is 1. The first-order valence-electron chi connectivity index (χ1n) is 8.94. The monoisotopic (exact) mass is 383 g/mol. The van der Waals surface area contributed by atoms with Crippen molar-refractivity contribution in [3.63, 3.8) is 0 Å². The van der Waals surface area contributed by atoms with Crippen LogP contribution >= 0.6 is 0 Å². The Kier molecular flexibility index (Phi) is 7.56. The van der Waals surface area contributed by atoms with Crippen LogP contribution in [0.25, 0.3) is 0 Å². The number of carbonyl (C=O) groups excluding carboxylic acids is 2. The van der Waals surface area contributed by atoms with Gasteiger partial charge in [0, 0.05) is 11.3 Å². The summed E-state index contributed by atoms with van der Waals surface area (Å²) in [6, 6.07) is 14.2. The van der Waals surface area contributed by atoms with Crippen molar-refractivity contribution in [2.45, 2.75) is 26.9 Å². The minimum Gasteiger partial charge on any atom is -0.497 e.